The van der Waals surface area contributed by atoms with Gasteiger partial charge in [0.25, 0.3) is 5.56 Å². The molecule has 0 aromatic heterocycles. The minimum Gasteiger partial charge on any atom is -0.497 e. The molecule has 0 radical (unpaired) electrons. The van der Waals surface area contributed by atoms with Crippen molar-refractivity contribution in [2.24, 2.45) is 7.05 Å². The van der Waals surface area contributed by atoms with Crippen molar-refractivity contribution in [3.8, 4) is 34.1 Å². The van der Waals surface area contributed by atoms with Crippen LogP contribution in [0.15, 0.2) is 33.9 Å². The predicted octanol–water partition coefficient (Wildman–Crippen LogP) is 1.15. The van der Waals surface area contributed by atoms with E-state index < -0.39 is 11.2 Å². The SMILES string of the molecule is CCn1nc(-c2cc(OC)ccc2OC)cc2c(=O)n(C)c(=O)nc1-2. The monoisotopic (exact) mass is 342 g/mol. The van der Waals surface area contributed by atoms with Gasteiger partial charge in [-0.1, -0.05) is 0 Å². The zero-order valence-electron chi connectivity index (χ0n) is 14.4. The summed E-state index contributed by atoms with van der Waals surface area (Å²) in [4.78, 5) is 28.3. The van der Waals surface area contributed by atoms with Crippen LogP contribution in [0.3, 0.4) is 0 Å². The van der Waals surface area contributed by atoms with Crippen LogP contribution < -0.4 is 20.7 Å². The number of methoxy groups -OCH3 is 2. The fourth-order valence-corrected chi connectivity index (χ4v) is 2.62. The van der Waals surface area contributed by atoms with Gasteiger partial charge in [-0.15, -0.1) is 0 Å². The fraction of sp³-hybridized carbons (Fsp3) is 0.294. The molecule has 0 N–H and O–H groups in total. The molecule has 1 aromatic rings. The molecule has 2 heterocycles. The standard InChI is InChI=1S/C17H18N4O4/c1-5-21-15-12(16(22)20(2)17(23)18-15)9-13(19-21)11-8-10(24-3)6-7-14(11)25-4/h6-9H,5H2,1-4H3. The summed E-state index contributed by atoms with van der Waals surface area (Å²) < 4.78 is 13.2. The molecule has 0 bridgehead atoms. The molecule has 0 saturated heterocycles. The van der Waals surface area contributed by atoms with Crippen molar-refractivity contribution < 1.29 is 9.47 Å². The summed E-state index contributed by atoms with van der Waals surface area (Å²) in [5.41, 5.74) is 0.511. The lowest BCUT2D eigenvalue weighted by Crippen LogP contribution is -2.36. The van der Waals surface area contributed by atoms with Gasteiger partial charge >= 0.3 is 5.69 Å². The van der Waals surface area contributed by atoms with Crippen LogP contribution in [-0.2, 0) is 13.6 Å². The van der Waals surface area contributed by atoms with E-state index in [0.717, 1.165) is 4.57 Å². The Labute approximate surface area is 143 Å². The normalized spacial score (nSPS) is 10.9. The molecule has 0 spiro atoms. The molecule has 0 unspecified atom stereocenters. The predicted molar refractivity (Wildman–Crippen MR) is 92.4 cm³/mol. The quantitative estimate of drug-likeness (QED) is 0.707. The van der Waals surface area contributed by atoms with E-state index in [1.165, 1.54) is 11.7 Å². The molecule has 8 nitrogen and oxygen atoms in total. The highest BCUT2D eigenvalue weighted by atomic mass is 16.5. The molecule has 8 heteroatoms. The molecule has 0 amide bonds. The molecule has 130 valence electrons. The number of aryl methyl sites for hydroxylation is 1. The Balaban J connectivity index is 2.38. The Hall–Kier alpha value is -3.16. The number of aromatic nitrogens is 4. The van der Waals surface area contributed by atoms with E-state index in [9.17, 15) is 9.59 Å². The van der Waals surface area contributed by atoms with Crippen molar-refractivity contribution in [3.63, 3.8) is 0 Å². The molecule has 0 saturated carbocycles. The van der Waals surface area contributed by atoms with Crippen LogP contribution in [0.4, 0.5) is 0 Å². The summed E-state index contributed by atoms with van der Waals surface area (Å²) >= 11 is 0. The van der Waals surface area contributed by atoms with Crippen LogP contribution >= 0.6 is 0 Å². The van der Waals surface area contributed by atoms with Gasteiger partial charge in [0.15, 0.2) is 5.82 Å². The first-order valence-corrected chi connectivity index (χ1v) is 7.71. The first-order chi connectivity index (χ1) is 12.0. The largest absolute Gasteiger partial charge is 0.497 e. The second kappa shape index (κ2) is 6.39. The lowest BCUT2D eigenvalue weighted by molar-refractivity contribution is 0.404. The molecule has 0 atom stereocenters. The number of nitrogens with zero attached hydrogens (tertiary/aromatic N) is 4. The summed E-state index contributed by atoms with van der Waals surface area (Å²) in [6.07, 6.45) is 0. The number of benzene rings is 1. The Bertz CT molecular complexity index is 1020. The van der Waals surface area contributed by atoms with Gasteiger partial charge in [-0.25, -0.2) is 9.48 Å². The molecule has 0 fully saturated rings. The fourth-order valence-electron chi connectivity index (χ4n) is 2.62. The average molecular weight is 342 g/mol. The average Bonchev–Trinajstić information content (AvgIpc) is 2.65. The summed E-state index contributed by atoms with van der Waals surface area (Å²) in [5.74, 6) is 1.50. The third-order valence-corrected chi connectivity index (χ3v) is 4.00. The van der Waals surface area contributed by atoms with Crippen LogP contribution in [0.2, 0.25) is 0 Å². The maximum Gasteiger partial charge on any atom is 0.352 e. The van der Waals surface area contributed by atoms with Crippen molar-refractivity contribution in [2.75, 3.05) is 14.2 Å². The first kappa shape index (κ1) is 16.7. The van der Waals surface area contributed by atoms with Crippen molar-refractivity contribution in [1.82, 2.24) is 19.3 Å². The number of rotatable bonds is 4. The zero-order valence-corrected chi connectivity index (χ0v) is 14.4. The summed E-state index contributed by atoms with van der Waals surface area (Å²) in [5, 5.41) is 4.52. The highest BCUT2D eigenvalue weighted by Crippen LogP contribution is 2.33. The number of ether oxygens (including phenoxy) is 2. The molecular formula is C17H18N4O4. The Morgan fingerprint density at radius 2 is 1.84 bits per heavy atom. The van der Waals surface area contributed by atoms with Crippen molar-refractivity contribution in [3.05, 3.63) is 45.1 Å². The van der Waals surface area contributed by atoms with Crippen LogP contribution in [0.25, 0.3) is 22.6 Å². The first-order valence-electron chi connectivity index (χ1n) is 7.71. The van der Waals surface area contributed by atoms with E-state index in [1.54, 1.807) is 38.5 Å². The second-order valence-corrected chi connectivity index (χ2v) is 5.41. The number of hydrogen-bond acceptors (Lipinski definition) is 6. The van der Waals surface area contributed by atoms with E-state index in [2.05, 4.69) is 10.1 Å². The lowest BCUT2D eigenvalue weighted by atomic mass is 10.1. The summed E-state index contributed by atoms with van der Waals surface area (Å²) in [6.45, 7) is 2.32. The Morgan fingerprint density at radius 1 is 1.08 bits per heavy atom. The van der Waals surface area contributed by atoms with E-state index in [1.807, 2.05) is 6.92 Å². The Kier molecular flexibility index (Phi) is 4.26. The zero-order chi connectivity index (χ0) is 18.1. The van der Waals surface area contributed by atoms with Crippen LogP contribution in [0.1, 0.15) is 6.92 Å². The van der Waals surface area contributed by atoms with Gasteiger partial charge in [-0.2, -0.15) is 10.1 Å². The molecule has 1 aromatic carbocycles. The van der Waals surface area contributed by atoms with E-state index >= 15 is 0 Å². The molecule has 25 heavy (non-hydrogen) atoms. The summed E-state index contributed by atoms with van der Waals surface area (Å²) in [6, 6.07) is 6.95. The lowest BCUT2D eigenvalue weighted by Gasteiger charge is -2.16. The third-order valence-electron chi connectivity index (χ3n) is 4.00. The van der Waals surface area contributed by atoms with Gasteiger partial charge in [0.2, 0.25) is 0 Å². The van der Waals surface area contributed by atoms with Crippen molar-refractivity contribution >= 4 is 0 Å². The third kappa shape index (κ3) is 2.75. The van der Waals surface area contributed by atoms with Crippen molar-refractivity contribution in [2.45, 2.75) is 13.5 Å². The topological polar surface area (TPSA) is 88.2 Å². The van der Waals surface area contributed by atoms with Gasteiger partial charge in [0.1, 0.15) is 11.5 Å². The van der Waals surface area contributed by atoms with Crippen LogP contribution in [0, 0.1) is 0 Å². The molecule has 2 aliphatic rings. The number of fused-ring (bicyclic) bond motifs is 1. The second-order valence-electron chi connectivity index (χ2n) is 5.41. The van der Waals surface area contributed by atoms with E-state index in [0.29, 0.717) is 34.9 Å². The van der Waals surface area contributed by atoms with E-state index in [4.69, 9.17) is 9.47 Å². The summed E-state index contributed by atoms with van der Waals surface area (Å²) in [7, 11) is 4.53. The highest BCUT2D eigenvalue weighted by molar-refractivity contribution is 5.72. The van der Waals surface area contributed by atoms with Gasteiger partial charge in [-0.3, -0.25) is 9.36 Å². The maximum atomic E-state index is 12.5. The van der Waals surface area contributed by atoms with Gasteiger partial charge in [0.05, 0.1) is 25.5 Å². The molecular weight excluding hydrogens is 324 g/mol. The van der Waals surface area contributed by atoms with Crippen LogP contribution in [-0.4, -0.2) is 33.6 Å². The minimum absolute atomic E-state index is 0.265. The molecule has 2 aliphatic heterocycles. The maximum absolute atomic E-state index is 12.5. The van der Waals surface area contributed by atoms with Crippen LogP contribution in [0.5, 0.6) is 11.5 Å². The minimum atomic E-state index is -0.604. The molecule has 3 rings (SSSR count). The number of hydrogen-bond donors (Lipinski definition) is 0. The van der Waals surface area contributed by atoms with Crippen molar-refractivity contribution in [1.29, 1.82) is 0 Å². The van der Waals surface area contributed by atoms with Gasteiger partial charge in [-0.05, 0) is 31.2 Å². The Morgan fingerprint density at radius 3 is 2.48 bits per heavy atom. The smallest absolute Gasteiger partial charge is 0.352 e. The molecule has 0 aliphatic carbocycles. The van der Waals surface area contributed by atoms with Gasteiger partial charge in [0, 0.05) is 19.2 Å². The van der Waals surface area contributed by atoms with Gasteiger partial charge < -0.3 is 9.47 Å². The van der Waals surface area contributed by atoms with E-state index in [-0.39, 0.29) is 5.82 Å². The highest BCUT2D eigenvalue weighted by Gasteiger charge is 2.20.